The number of nitrogens with zero attached hydrogens (tertiary/aromatic N) is 4. The van der Waals surface area contributed by atoms with Crippen molar-refractivity contribution in [3.05, 3.63) is 77.1 Å². The number of aryl methyl sites for hydroxylation is 1. The van der Waals surface area contributed by atoms with Crippen molar-refractivity contribution in [1.29, 1.82) is 0 Å². The number of benzene rings is 2. The van der Waals surface area contributed by atoms with E-state index in [4.69, 9.17) is 14.8 Å². The van der Waals surface area contributed by atoms with Crippen LogP contribution in [0.15, 0.2) is 65.5 Å². The van der Waals surface area contributed by atoms with Gasteiger partial charge in [0.25, 0.3) is 0 Å². The van der Waals surface area contributed by atoms with Gasteiger partial charge in [0.15, 0.2) is 10.9 Å². The summed E-state index contributed by atoms with van der Waals surface area (Å²) in [5.41, 5.74) is 6.84. The first-order valence-electron chi connectivity index (χ1n) is 18.0. The zero-order chi connectivity index (χ0) is 34.5. The molecular weight excluding hydrogens is 629 g/mol. The van der Waals surface area contributed by atoms with E-state index < -0.39 is 17.1 Å². The quantitative estimate of drug-likeness (QED) is 0.209. The van der Waals surface area contributed by atoms with Crippen molar-refractivity contribution < 1.29 is 14.6 Å². The molecule has 0 amide bonds. The molecule has 49 heavy (non-hydrogen) atoms. The maximum atomic E-state index is 14.4. The fraction of sp³-hybridized carbons (Fsp3) is 0.537. The molecule has 258 valence electrons. The molecule has 0 radical (unpaired) electrons. The fourth-order valence-electron chi connectivity index (χ4n) is 10.9. The molecule has 8 heteroatoms. The van der Waals surface area contributed by atoms with Gasteiger partial charge < -0.3 is 14.4 Å². The molecule has 2 aromatic heterocycles. The lowest BCUT2D eigenvalue weighted by atomic mass is 9.45. The van der Waals surface area contributed by atoms with Gasteiger partial charge in [-0.15, -0.1) is 0 Å². The van der Waals surface area contributed by atoms with E-state index in [0.717, 1.165) is 47.6 Å². The number of carbonyl (C=O) groups is 1. The Kier molecular flexibility index (Phi) is 7.68. The third-order valence-corrected chi connectivity index (χ3v) is 14.4. The zero-order valence-electron chi connectivity index (χ0n) is 30.0. The largest absolute Gasteiger partial charge is 0.393 e. The normalized spacial score (nSPS) is 32.3. The molecular formula is C41H50N4O3S. The van der Waals surface area contributed by atoms with Crippen LogP contribution < -0.4 is 0 Å². The lowest BCUT2D eigenvalue weighted by Crippen LogP contribution is -2.62. The summed E-state index contributed by atoms with van der Waals surface area (Å²) in [7, 11) is 3.72. The van der Waals surface area contributed by atoms with Crippen LogP contribution in [0, 0.1) is 28.6 Å². The number of Topliss-reactive ketones (excluding diaryl/α,β-unsaturated/α-hetero) is 1. The molecule has 8 rings (SSSR count). The molecule has 0 spiro atoms. The topological polar surface area (TPSA) is 82.2 Å². The third kappa shape index (κ3) is 4.80. The van der Waals surface area contributed by atoms with Gasteiger partial charge in [-0.3, -0.25) is 4.79 Å². The van der Waals surface area contributed by atoms with Gasteiger partial charge in [-0.2, -0.15) is 5.10 Å². The number of aliphatic hydroxyl groups excluding tert-OH is 1. The molecule has 3 saturated carbocycles. The Hall–Kier alpha value is -3.20. The van der Waals surface area contributed by atoms with Crippen molar-refractivity contribution in [2.45, 2.75) is 95.4 Å². The minimum Gasteiger partial charge on any atom is -0.393 e. The molecule has 3 fully saturated rings. The number of rotatable bonds is 6. The number of fused-ring (bicyclic) bond motifs is 7. The van der Waals surface area contributed by atoms with E-state index in [2.05, 4.69) is 80.3 Å². The van der Waals surface area contributed by atoms with E-state index in [0.29, 0.717) is 30.4 Å². The number of imidazole rings is 1. The molecule has 2 heterocycles. The third-order valence-electron chi connectivity index (χ3n) is 13.4. The van der Waals surface area contributed by atoms with Gasteiger partial charge in [-0.1, -0.05) is 76.2 Å². The highest BCUT2D eigenvalue weighted by Gasteiger charge is 2.69. The van der Waals surface area contributed by atoms with E-state index in [1.54, 1.807) is 7.11 Å². The molecule has 7 nitrogen and oxygen atoms in total. The van der Waals surface area contributed by atoms with E-state index in [9.17, 15) is 9.90 Å². The van der Waals surface area contributed by atoms with Crippen LogP contribution in [-0.4, -0.2) is 54.8 Å². The number of para-hydroxylation sites is 2. The number of thioether (sulfide) groups is 1. The highest BCUT2D eigenvalue weighted by molar-refractivity contribution is 7.99. The minimum absolute atomic E-state index is 0.102. The first-order valence-corrected chi connectivity index (χ1v) is 19.0. The Balaban J connectivity index is 1.05. The average Bonchev–Trinajstić information content (AvgIpc) is 3.72. The van der Waals surface area contributed by atoms with Crippen LogP contribution in [-0.2, 0) is 28.4 Å². The average molecular weight is 679 g/mol. The fourth-order valence-corrected chi connectivity index (χ4v) is 11.8. The van der Waals surface area contributed by atoms with Crippen molar-refractivity contribution >= 4 is 34.7 Å². The van der Waals surface area contributed by atoms with Crippen LogP contribution in [0.5, 0.6) is 0 Å². The van der Waals surface area contributed by atoms with E-state index in [-0.39, 0.29) is 22.5 Å². The molecule has 0 aliphatic heterocycles. The predicted octanol–water partition coefficient (Wildman–Crippen LogP) is 7.96. The number of allylic oxidation sites excluding steroid dienone is 1. The molecule has 4 aliphatic carbocycles. The Bertz CT molecular complexity index is 1970. The number of ether oxygens (including phenoxy) is 1. The smallest absolute Gasteiger partial charge is 0.175 e. The molecule has 0 saturated heterocycles. The number of hydrogen-bond donors (Lipinski definition) is 1. The first kappa shape index (κ1) is 33.0. The SMILES string of the molecule is COC1(C(=O)CSc2nc3ccccc3n2C)CCC2C3CCC4=Cc5c(cnn5-c5ccc(C(C)(C)C)cc5)CC4(C)C3C(O)CC21C. The van der Waals surface area contributed by atoms with Crippen LogP contribution >= 0.6 is 11.8 Å². The standard InChI is InChI=1S/C41H50N4O3S/c1-38(2,3)26-12-15-28(16-13-26)45-33-20-27-14-17-29-30-18-19-41(48-7,35(47)24-49-37-43-31-10-8-9-11-32(31)44(37)6)40(30,5)22-34(46)36(29)39(27,4)21-25(33)23-42-45/h8-13,15-16,20,23,29-30,34,36,46H,14,17-19,21-22,24H2,1-7H3. The Morgan fingerprint density at radius 2 is 1.86 bits per heavy atom. The molecule has 4 aliphatic rings. The van der Waals surface area contributed by atoms with Crippen LogP contribution in [0.4, 0.5) is 0 Å². The summed E-state index contributed by atoms with van der Waals surface area (Å²) < 4.78 is 10.5. The maximum Gasteiger partial charge on any atom is 0.175 e. The van der Waals surface area contributed by atoms with Crippen molar-refractivity contribution in [2.24, 2.45) is 35.6 Å². The van der Waals surface area contributed by atoms with E-state index in [1.807, 2.05) is 31.4 Å². The van der Waals surface area contributed by atoms with Crippen molar-refractivity contribution in [3.8, 4) is 5.69 Å². The number of hydrogen-bond acceptors (Lipinski definition) is 6. The van der Waals surface area contributed by atoms with Gasteiger partial charge in [-0.05, 0) is 109 Å². The van der Waals surface area contributed by atoms with Gasteiger partial charge in [0.1, 0.15) is 5.60 Å². The summed E-state index contributed by atoms with van der Waals surface area (Å²) >= 11 is 1.50. The monoisotopic (exact) mass is 678 g/mol. The van der Waals surface area contributed by atoms with Crippen LogP contribution in [0.1, 0.15) is 83.5 Å². The number of aromatic nitrogens is 4. The highest BCUT2D eigenvalue weighted by Crippen LogP contribution is 2.68. The van der Waals surface area contributed by atoms with Gasteiger partial charge in [-0.25, -0.2) is 9.67 Å². The van der Waals surface area contributed by atoms with Gasteiger partial charge in [0.05, 0.1) is 40.5 Å². The second-order valence-electron chi connectivity index (χ2n) is 16.8. The van der Waals surface area contributed by atoms with Gasteiger partial charge in [0.2, 0.25) is 0 Å². The van der Waals surface area contributed by atoms with Crippen LogP contribution in [0.3, 0.4) is 0 Å². The molecule has 1 N–H and O–H groups in total. The Morgan fingerprint density at radius 3 is 2.57 bits per heavy atom. The second kappa shape index (κ2) is 11.4. The lowest BCUT2D eigenvalue weighted by molar-refractivity contribution is -0.185. The molecule has 2 aromatic carbocycles. The van der Waals surface area contributed by atoms with Crippen LogP contribution in [0.25, 0.3) is 22.8 Å². The Labute approximate surface area is 294 Å². The summed E-state index contributed by atoms with van der Waals surface area (Å²) in [5, 5.41) is 18.0. The summed E-state index contributed by atoms with van der Waals surface area (Å²) in [4.78, 5) is 19.2. The minimum atomic E-state index is -0.915. The van der Waals surface area contributed by atoms with E-state index in [1.165, 1.54) is 34.2 Å². The van der Waals surface area contributed by atoms with Crippen molar-refractivity contribution in [3.63, 3.8) is 0 Å². The van der Waals surface area contributed by atoms with Crippen molar-refractivity contribution in [1.82, 2.24) is 19.3 Å². The summed E-state index contributed by atoms with van der Waals surface area (Å²) in [6.45, 7) is 11.4. The predicted molar refractivity (Wildman–Crippen MR) is 196 cm³/mol. The highest BCUT2D eigenvalue weighted by atomic mass is 32.2. The molecule has 0 bridgehead atoms. The summed E-state index contributed by atoms with van der Waals surface area (Å²) in [6.07, 6.45) is 9.03. The zero-order valence-corrected chi connectivity index (χ0v) is 30.8. The summed E-state index contributed by atoms with van der Waals surface area (Å²) in [6, 6.07) is 16.9. The number of carbonyl (C=O) groups excluding carboxylic acids is 1. The first-order chi connectivity index (χ1) is 23.3. The van der Waals surface area contributed by atoms with Crippen molar-refractivity contribution in [2.75, 3.05) is 12.9 Å². The second-order valence-corrected chi connectivity index (χ2v) is 17.7. The van der Waals surface area contributed by atoms with Gasteiger partial charge in [0, 0.05) is 19.6 Å². The van der Waals surface area contributed by atoms with Crippen LogP contribution in [0.2, 0.25) is 0 Å². The lowest BCUT2D eigenvalue weighted by Gasteiger charge is -2.61. The maximum absolute atomic E-state index is 14.4. The molecule has 7 atom stereocenters. The van der Waals surface area contributed by atoms with Gasteiger partial charge >= 0.3 is 0 Å². The Morgan fingerprint density at radius 1 is 1.10 bits per heavy atom. The van der Waals surface area contributed by atoms with E-state index >= 15 is 0 Å². The molecule has 7 unspecified atom stereocenters. The number of aliphatic hydroxyl groups is 1. The molecule has 4 aromatic rings. The number of ketones is 1. The summed E-state index contributed by atoms with van der Waals surface area (Å²) in [5.74, 6) is 1.19. The number of methoxy groups -OCH3 is 1.